The third-order valence-corrected chi connectivity index (χ3v) is 6.36. The Kier molecular flexibility index (Phi) is 5.10. The fraction of sp³-hybridized carbons (Fsp3) is 0.368. The van der Waals surface area contributed by atoms with Crippen molar-refractivity contribution >= 4 is 50.1 Å². The predicted octanol–water partition coefficient (Wildman–Crippen LogP) is 3.69. The number of likely N-dealkylation sites (tertiary alicyclic amines) is 1. The smallest absolute Gasteiger partial charge is 0.246 e. The van der Waals surface area contributed by atoms with Crippen molar-refractivity contribution in [3.05, 3.63) is 34.1 Å². The van der Waals surface area contributed by atoms with Crippen LogP contribution in [0.2, 0.25) is 0 Å². The minimum Gasteiger partial charge on any atom is -0.300 e. The average molecular weight is 448 g/mol. The number of carbonyl (C=O) groups is 3. The van der Waals surface area contributed by atoms with Gasteiger partial charge in [-0.05, 0) is 25.0 Å². The molecule has 8 heteroatoms. The van der Waals surface area contributed by atoms with Crippen LogP contribution < -0.4 is 5.32 Å². The highest BCUT2D eigenvalue weighted by molar-refractivity contribution is 9.10. The molecule has 2 fully saturated rings. The molecule has 1 aliphatic carbocycles. The van der Waals surface area contributed by atoms with E-state index in [1.165, 1.54) is 11.3 Å². The lowest BCUT2D eigenvalue weighted by Gasteiger charge is -2.19. The third kappa shape index (κ3) is 3.68. The summed E-state index contributed by atoms with van der Waals surface area (Å²) in [7, 11) is 0. The van der Waals surface area contributed by atoms with Gasteiger partial charge in [0.05, 0.1) is 17.5 Å². The second kappa shape index (κ2) is 7.52. The van der Waals surface area contributed by atoms with E-state index in [1.54, 1.807) is 0 Å². The molecule has 0 radical (unpaired) electrons. The van der Waals surface area contributed by atoms with Gasteiger partial charge in [0, 0.05) is 15.4 Å². The van der Waals surface area contributed by atoms with Crippen molar-refractivity contribution in [1.29, 1.82) is 0 Å². The van der Waals surface area contributed by atoms with Crippen LogP contribution in [0.25, 0.3) is 11.3 Å². The Hall–Kier alpha value is -2.06. The summed E-state index contributed by atoms with van der Waals surface area (Å²) in [5.74, 6) is -1.27. The number of anilines is 1. The standard InChI is InChI=1S/C19H18BrN3O3S/c20-12-5-3-4-11(8-12)15-10-27-19(21-15)22-16(24)9-23-17(25)13-6-1-2-7-14(13)18(23)26/h3-5,8,10,13-14H,1-2,6-7,9H2,(H,21,22,24)/t13-,14-/m0/s1. The molecule has 2 aromatic rings. The molecule has 1 N–H and O–H groups in total. The van der Waals surface area contributed by atoms with E-state index in [-0.39, 0.29) is 30.2 Å². The SMILES string of the molecule is O=C(CN1C(=O)[C@H]2CCCC[C@@H]2C1=O)Nc1nc(-c2cccc(Br)c2)cs1. The Labute approximate surface area is 169 Å². The van der Waals surface area contributed by atoms with Crippen molar-refractivity contribution in [2.24, 2.45) is 11.8 Å². The van der Waals surface area contributed by atoms with E-state index >= 15 is 0 Å². The Bertz CT molecular complexity index is 889. The number of amides is 3. The summed E-state index contributed by atoms with van der Waals surface area (Å²) >= 11 is 4.74. The van der Waals surface area contributed by atoms with Crippen LogP contribution in [-0.2, 0) is 14.4 Å². The van der Waals surface area contributed by atoms with Crippen LogP contribution in [0, 0.1) is 11.8 Å². The van der Waals surface area contributed by atoms with Crippen LogP contribution in [0.4, 0.5) is 5.13 Å². The number of hydrogen-bond donors (Lipinski definition) is 1. The zero-order valence-electron chi connectivity index (χ0n) is 14.5. The fourth-order valence-corrected chi connectivity index (χ4v) is 4.94. The molecule has 0 unspecified atom stereocenters. The van der Waals surface area contributed by atoms with Gasteiger partial charge < -0.3 is 5.32 Å². The molecule has 1 saturated carbocycles. The van der Waals surface area contributed by atoms with Gasteiger partial charge in [0.15, 0.2) is 5.13 Å². The largest absolute Gasteiger partial charge is 0.300 e. The van der Waals surface area contributed by atoms with Gasteiger partial charge in [-0.25, -0.2) is 4.98 Å². The molecule has 1 aromatic heterocycles. The molecule has 0 spiro atoms. The number of imide groups is 1. The van der Waals surface area contributed by atoms with Crippen molar-refractivity contribution in [1.82, 2.24) is 9.88 Å². The lowest BCUT2D eigenvalue weighted by atomic mass is 9.81. The van der Waals surface area contributed by atoms with Crippen LogP contribution in [0.3, 0.4) is 0 Å². The van der Waals surface area contributed by atoms with Crippen molar-refractivity contribution in [2.75, 3.05) is 11.9 Å². The molecule has 1 aromatic carbocycles. The normalized spacial score (nSPS) is 22.0. The summed E-state index contributed by atoms with van der Waals surface area (Å²) in [5, 5.41) is 5.02. The topological polar surface area (TPSA) is 79.4 Å². The van der Waals surface area contributed by atoms with E-state index in [0.29, 0.717) is 5.13 Å². The first-order valence-electron chi connectivity index (χ1n) is 8.89. The second-order valence-electron chi connectivity index (χ2n) is 6.86. The second-order valence-corrected chi connectivity index (χ2v) is 8.63. The van der Waals surface area contributed by atoms with E-state index in [2.05, 4.69) is 26.2 Å². The van der Waals surface area contributed by atoms with Crippen LogP contribution in [0.1, 0.15) is 25.7 Å². The van der Waals surface area contributed by atoms with Gasteiger partial charge in [-0.2, -0.15) is 0 Å². The zero-order chi connectivity index (χ0) is 19.0. The molecule has 4 rings (SSSR count). The van der Waals surface area contributed by atoms with Gasteiger partial charge in [-0.15, -0.1) is 11.3 Å². The van der Waals surface area contributed by atoms with Gasteiger partial charge in [0.25, 0.3) is 0 Å². The first-order chi connectivity index (χ1) is 13.0. The molecule has 1 aliphatic heterocycles. The van der Waals surface area contributed by atoms with Gasteiger partial charge in [-0.3, -0.25) is 19.3 Å². The van der Waals surface area contributed by atoms with Crippen molar-refractivity contribution in [2.45, 2.75) is 25.7 Å². The van der Waals surface area contributed by atoms with Crippen LogP contribution >= 0.6 is 27.3 Å². The molecule has 2 atom stereocenters. The summed E-state index contributed by atoms with van der Waals surface area (Å²) in [4.78, 5) is 42.8. The Morgan fingerprint density at radius 3 is 2.59 bits per heavy atom. The van der Waals surface area contributed by atoms with E-state index < -0.39 is 5.91 Å². The molecular weight excluding hydrogens is 430 g/mol. The number of benzene rings is 1. The Balaban J connectivity index is 1.41. The van der Waals surface area contributed by atoms with Crippen LogP contribution in [0.15, 0.2) is 34.1 Å². The van der Waals surface area contributed by atoms with Gasteiger partial charge in [-0.1, -0.05) is 40.9 Å². The van der Waals surface area contributed by atoms with Crippen molar-refractivity contribution in [3.8, 4) is 11.3 Å². The number of carbonyl (C=O) groups excluding carboxylic acids is 3. The number of nitrogens with one attached hydrogen (secondary N) is 1. The highest BCUT2D eigenvalue weighted by Crippen LogP contribution is 2.38. The summed E-state index contributed by atoms with van der Waals surface area (Å²) in [6.07, 6.45) is 3.43. The number of fused-ring (bicyclic) bond motifs is 1. The minimum atomic E-state index is -0.398. The van der Waals surface area contributed by atoms with E-state index in [0.717, 1.165) is 46.3 Å². The number of thiazole rings is 1. The lowest BCUT2D eigenvalue weighted by Crippen LogP contribution is -2.38. The molecule has 0 bridgehead atoms. The summed E-state index contributed by atoms with van der Waals surface area (Å²) in [6.45, 7) is -0.240. The summed E-state index contributed by atoms with van der Waals surface area (Å²) < 4.78 is 0.950. The van der Waals surface area contributed by atoms with Gasteiger partial charge in [0.2, 0.25) is 17.7 Å². The molecule has 1 saturated heterocycles. The number of halogens is 1. The highest BCUT2D eigenvalue weighted by Gasteiger charge is 2.48. The first-order valence-corrected chi connectivity index (χ1v) is 10.6. The van der Waals surface area contributed by atoms with Crippen molar-refractivity contribution in [3.63, 3.8) is 0 Å². The number of hydrogen-bond acceptors (Lipinski definition) is 5. The molecule has 6 nitrogen and oxygen atoms in total. The molecule has 2 heterocycles. The summed E-state index contributed by atoms with van der Waals surface area (Å²) in [5.41, 5.74) is 1.70. The number of rotatable bonds is 4. The van der Waals surface area contributed by atoms with Gasteiger partial charge >= 0.3 is 0 Å². The predicted molar refractivity (Wildman–Crippen MR) is 106 cm³/mol. The quantitative estimate of drug-likeness (QED) is 0.724. The van der Waals surface area contributed by atoms with E-state index in [9.17, 15) is 14.4 Å². The number of aromatic nitrogens is 1. The first kappa shape index (κ1) is 18.3. The zero-order valence-corrected chi connectivity index (χ0v) is 16.9. The monoisotopic (exact) mass is 447 g/mol. The maximum absolute atomic E-state index is 12.5. The Morgan fingerprint density at radius 2 is 1.93 bits per heavy atom. The van der Waals surface area contributed by atoms with Crippen molar-refractivity contribution < 1.29 is 14.4 Å². The summed E-state index contributed by atoms with van der Waals surface area (Å²) in [6, 6.07) is 7.74. The average Bonchev–Trinajstić information content (AvgIpc) is 3.21. The van der Waals surface area contributed by atoms with E-state index in [4.69, 9.17) is 0 Å². The minimum absolute atomic E-state index is 0.200. The Morgan fingerprint density at radius 1 is 1.22 bits per heavy atom. The molecular formula is C19H18BrN3O3S. The van der Waals surface area contributed by atoms with Crippen LogP contribution in [0.5, 0.6) is 0 Å². The molecule has 27 heavy (non-hydrogen) atoms. The fourth-order valence-electron chi connectivity index (χ4n) is 3.80. The molecule has 2 aliphatic rings. The van der Waals surface area contributed by atoms with Crippen LogP contribution in [-0.4, -0.2) is 34.2 Å². The highest BCUT2D eigenvalue weighted by atomic mass is 79.9. The van der Waals surface area contributed by atoms with Gasteiger partial charge in [0.1, 0.15) is 6.54 Å². The lowest BCUT2D eigenvalue weighted by molar-refractivity contribution is -0.142. The molecule has 140 valence electrons. The maximum Gasteiger partial charge on any atom is 0.246 e. The number of nitrogens with zero attached hydrogens (tertiary/aromatic N) is 2. The maximum atomic E-state index is 12.5. The third-order valence-electron chi connectivity index (χ3n) is 5.11. The molecule has 3 amide bonds. The van der Waals surface area contributed by atoms with E-state index in [1.807, 2.05) is 29.6 Å².